The average molecular weight is 278 g/mol. The molecule has 4 nitrogen and oxygen atoms in total. The predicted molar refractivity (Wildman–Crippen MR) is 83.5 cm³/mol. The van der Waals surface area contributed by atoms with Crippen LogP contribution in [0.3, 0.4) is 0 Å². The lowest BCUT2D eigenvalue weighted by molar-refractivity contribution is 0.0424. The maximum absolute atomic E-state index is 6.10. The molecule has 4 unspecified atom stereocenters. The number of hydrogen-bond donors (Lipinski definition) is 1. The van der Waals surface area contributed by atoms with Gasteiger partial charge in [-0.3, -0.25) is 9.58 Å². The first-order valence-electron chi connectivity index (χ1n) is 7.93. The minimum absolute atomic E-state index is 0.294. The second-order valence-electron chi connectivity index (χ2n) is 6.85. The van der Waals surface area contributed by atoms with E-state index >= 15 is 0 Å². The molecule has 1 aromatic heterocycles. The number of nitrogens with zero attached hydrogens (tertiary/aromatic N) is 3. The first-order valence-corrected chi connectivity index (χ1v) is 7.93. The molecule has 1 aromatic rings. The molecule has 2 N–H and O–H groups in total. The summed E-state index contributed by atoms with van der Waals surface area (Å²) < 4.78 is 2.03. The molecular formula is C16H30N4. The summed E-state index contributed by atoms with van der Waals surface area (Å²) in [6.45, 7) is 13.2. The fraction of sp³-hybridized carbons (Fsp3) is 0.812. The monoisotopic (exact) mass is 278 g/mol. The van der Waals surface area contributed by atoms with E-state index in [1.165, 1.54) is 12.0 Å². The van der Waals surface area contributed by atoms with Crippen molar-refractivity contribution in [2.45, 2.75) is 59.2 Å². The normalized spacial score (nSPS) is 29.9. The third-order valence-electron chi connectivity index (χ3n) is 4.80. The highest BCUT2D eigenvalue weighted by molar-refractivity contribution is 5.13. The molecule has 4 heteroatoms. The van der Waals surface area contributed by atoms with Crippen LogP contribution in [0.15, 0.2) is 12.4 Å². The van der Waals surface area contributed by atoms with E-state index in [-0.39, 0.29) is 0 Å². The molecule has 1 saturated heterocycles. The van der Waals surface area contributed by atoms with Gasteiger partial charge in [0.1, 0.15) is 0 Å². The van der Waals surface area contributed by atoms with Crippen LogP contribution in [0.1, 0.15) is 58.7 Å². The van der Waals surface area contributed by atoms with Gasteiger partial charge in [0.05, 0.1) is 12.2 Å². The molecule has 0 saturated carbocycles. The van der Waals surface area contributed by atoms with Crippen molar-refractivity contribution < 1.29 is 0 Å². The Labute approximate surface area is 123 Å². The van der Waals surface area contributed by atoms with Gasteiger partial charge >= 0.3 is 0 Å². The summed E-state index contributed by atoms with van der Waals surface area (Å²) in [6.07, 6.45) is 5.48. The van der Waals surface area contributed by atoms with Crippen LogP contribution in [0.2, 0.25) is 0 Å². The lowest BCUT2D eigenvalue weighted by Gasteiger charge is -2.45. The molecule has 20 heavy (non-hydrogen) atoms. The van der Waals surface area contributed by atoms with Crippen LogP contribution in [0.4, 0.5) is 0 Å². The van der Waals surface area contributed by atoms with Gasteiger partial charge in [-0.1, -0.05) is 13.8 Å². The van der Waals surface area contributed by atoms with Crippen LogP contribution >= 0.6 is 0 Å². The van der Waals surface area contributed by atoms with Crippen LogP contribution < -0.4 is 5.73 Å². The van der Waals surface area contributed by atoms with E-state index in [9.17, 15) is 0 Å². The van der Waals surface area contributed by atoms with Crippen molar-refractivity contribution in [2.75, 3.05) is 13.1 Å². The Hall–Kier alpha value is -0.870. The Balaban J connectivity index is 2.21. The minimum atomic E-state index is 0.294. The van der Waals surface area contributed by atoms with Crippen LogP contribution in [0, 0.1) is 11.8 Å². The first kappa shape index (κ1) is 15.5. The highest BCUT2D eigenvalue weighted by atomic mass is 15.3. The molecule has 1 fully saturated rings. The smallest absolute Gasteiger partial charge is 0.0538 e. The summed E-state index contributed by atoms with van der Waals surface area (Å²) in [4.78, 5) is 2.58. The molecule has 0 amide bonds. The summed E-state index contributed by atoms with van der Waals surface area (Å²) in [5.74, 6) is 1.48. The van der Waals surface area contributed by atoms with E-state index in [4.69, 9.17) is 5.73 Å². The van der Waals surface area contributed by atoms with Gasteiger partial charge in [-0.05, 0) is 39.0 Å². The van der Waals surface area contributed by atoms with Crippen molar-refractivity contribution in [1.29, 1.82) is 0 Å². The van der Waals surface area contributed by atoms with Crippen molar-refractivity contribution in [1.82, 2.24) is 14.7 Å². The quantitative estimate of drug-likeness (QED) is 0.921. The van der Waals surface area contributed by atoms with Gasteiger partial charge in [-0.25, -0.2) is 0 Å². The van der Waals surface area contributed by atoms with Crippen molar-refractivity contribution in [2.24, 2.45) is 17.6 Å². The molecule has 2 heterocycles. The Morgan fingerprint density at radius 1 is 1.35 bits per heavy atom. The SMILES string of the molecule is CC1CC(C)C(C)N(C(CN)c2cnn(C(C)C)c2)C1. The van der Waals surface area contributed by atoms with Gasteiger partial charge in [-0.2, -0.15) is 5.10 Å². The molecule has 4 atom stereocenters. The van der Waals surface area contributed by atoms with E-state index in [0.717, 1.165) is 18.4 Å². The van der Waals surface area contributed by atoms with E-state index in [2.05, 4.69) is 50.8 Å². The second kappa shape index (κ2) is 6.27. The van der Waals surface area contributed by atoms with Crippen molar-refractivity contribution in [3.05, 3.63) is 18.0 Å². The largest absolute Gasteiger partial charge is 0.329 e. The zero-order valence-corrected chi connectivity index (χ0v) is 13.6. The molecule has 1 aliphatic heterocycles. The highest BCUT2D eigenvalue weighted by Crippen LogP contribution is 2.33. The summed E-state index contributed by atoms with van der Waals surface area (Å²) in [6, 6.07) is 1.28. The topological polar surface area (TPSA) is 47.1 Å². The third kappa shape index (κ3) is 3.07. The third-order valence-corrected chi connectivity index (χ3v) is 4.80. The van der Waals surface area contributed by atoms with Crippen molar-refractivity contribution >= 4 is 0 Å². The van der Waals surface area contributed by atoms with E-state index in [1.807, 2.05) is 10.9 Å². The number of piperidine rings is 1. The fourth-order valence-corrected chi connectivity index (χ4v) is 3.44. The average Bonchev–Trinajstić information content (AvgIpc) is 2.85. The molecule has 0 spiro atoms. The molecular weight excluding hydrogens is 248 g/mol. The van der Waals surface area contributed by atoms with Gasteiger partial charge in [-0.15, -0.1) is 0 Å². The highest BCUT2D eigenvalue weighted by Gasteiger charge is 2.33. The maximum Gasteiger partial charge on any atom is 0.0538 e. The number of rotatable bonds is 4. The van der Waals surface area contributed by atoms with Crippen LogP contribution in [0.25, 0.3) is 0 Å². The molecule has 0 bridgehead atoms. The zero-order valence-electron chi connectivity index (χ0n) is 13.6. The predicted octanol–water partition coefficient (Wildman–Crippen LogP) is 2.83. The minimum Gasteiger partial charge on any atom is -0.329 e. The van der Waals surface area contributed by atoms with Crippen LogP contribution in [-0.4, -0.2) is 33.8 Å². The Kier molecular flexibility index (Phi) is 4.86. The van der Waals surface area contributed by atoms with Crippen LogP contribution in [-0.2, 0) is 0 Å². The van der Waals surface area contributed by atoms with Crippen molar-refractivity contribution in [3.63, 3.8) is 0 Å². The number of hydrogen-bond acceptors (Lipinski definition) is 3. The first-order chi connectivity index (χ1) is 9.43. The molecule has 1 aliphatic rings. The van der Waals surface area contributed by atoms with Gasteiger partial charge in [0.25, 0.3) is 0 Å². The maximum atomic E-state index is 6.10. The fourth-order valence-electron chi connectivity index (χ4n) is 3.44. The van der Waals surface area contributed by atoms with Gasteiger partial charge < -0.3 is 5.73 Å². The van der Waals surface area contributed by atoms with Crippen LogP contribution in [0.5, 0.6) is 0 Å². The zero-order chi connectivity index (χ0) is 14.9. The molecule has 114 valence electrons. The molecule has 0 radical (unpaired) electrons. The molecule has 0 aliphatic carbocycles. The Morgan fingerprint density at radius 3 is 2.60 bits per heavy atom. The van der Waals surface area contributed by atoms with Gasteiger partial charge in [0, 0.05) is 36.9 Å². The summed E-state index contributed by atoms with van der Waals surface area (Å²) >= 11 is 0. The summed E-state index contributed by atoms with van der Waals surface area (Å²) in [7, 11) is 0. The van der Waals surface area contributed by atoms with E-state index < -0.39 is 0 Å². The lowest BCUT2D eigenvalue weighted by atomic mass is 9.84. The standard InChI is InChI=1S/C16H30N4/c1-11(2)20-10-15(8-18-20)16(7-17)19-9-12(3)6-13(4)14(19)5/h8,10-14,16H,6-7,9,17H2,1-5H3. The number of nitrogens with two attached hydrogens (primary N) is 1. The van der Waals surface area contributed by atoms with Crippen molar-refractivity contribution in [3.8, 4) is 0 Å². The van der Waals surface area contributed by atoms with Gasteiger partial charge in [0.2, 0.25) is 0 Å². The van der Waals surface area contributed by atoms with E-state index in [1.54, 1.807) is 0 Å². The second-order valence-corrected chi connectivity index (χ2v) is 6.85. The molecule has 0 aromatic carbocycles. The molecule has 2 rings (SSSR count). The lowest BCUT2D eigenvalue weighted by Crippen LogP contribution is -2.49. The summed E-state index contributed by atoms with van der Waals surface area (Å²) in [5.41, 5.74) is 7.35. The van der Waals surface area contributed by atoms with Gasteiger partial charge in [0.15, 0.2) is 0 Å². The Bertz CT molecular complexity index is 426. The summed E-state index contributed by atoms with van der Waals surface area (Å²) in [5, 5.41) is 4.48. The van der Waals surface area contributed by atoms with E-state index in [0.29, 0.717) is 24.7 Å². The number of likely N-dealkylation sites (tertiary alicyclic amines) is 1. The Morgan fingerprint density at radius 2 is 2.05 bits per heavy atom. The number of aromatic nitrogens is 2.